The average Bonchev–Trinajstić information content (AvgIpc) is 3.32. The van der Waals surface area contributed by atoms with Crippen molar-refractivity contribution < 1.29 is 9.90 Å². The van der Waals surface area contributed by atoms with Gasteiger partial charge in [0.1, 0.15) is 0 Å². The number of aryl methyl sites for hydroxylation is 2. The maximum atomic E-state index is 13.2. The van der Waals surface area contributed by atoms with Crippen molar-refractivity contribution in [2.45, 2.75) is 31.8 Å². The molecule has 1 aliphatic carbocycles. The molecule has 2 aromatic heterocycles. The lowest BCUT2D eigenvalue weighted by Crippen LogP contribution is -2.39. The second-order valence-corrected chi connectivity index (χ2v) is 8.65. The zero-order valence-corrected chi connectivity index (χ0v) is 18.4. The SMILES string of the molecule is Cn1c(N[C@H]2CC[C@@H](C(=O)O)C2)nc2c1c(=O)n(Cc1ccc(Cl)c(Cl)c1)c(=O)n2C. The minimum Gasteiger partial charge on any atom is -0.481 e. The first-order valence-electron chi connectivity index (χ1n) is 9.77. The van der Waals surface area contributed by atoms with Gasteiger partial charge in [-0.3, -0.25) is 18.7 Å². The van der Waals surface area contributed by atoms with Crippen LogP contribution in [0.3, 0.4) is 0 Å². The summed E-state index contributed by atoms with van der Waals surface area (Å²) >= 11 is 12.0. The number of carboxylic acid groups (broad SMARTS) is 1. The van der Waals surface area contributed by atoms with Crippen LogP contribution in [-0.2, 0) is 25.4 Å². The van der Waals surface area contributed by atoms with Crippen LogP contribution in [0.2, 0.25) is 10.0 Å². The number of imidazole rings is 1. The van der Waals surface area contributed by atoms with E-state index in [2.05, 4.69) is 10.3 Å². The lowest BCUT2D eigenvalue weighted by atomic mass is 10.1. The molecular formula is C20H21Cl2N5O4. The second-order valence-electron chi connectivity index (χ2n) is 7.84. The van der Waals surface area contributed by atoms with Crippen LogP contribution in [0.1, 0.15) is 24.8 Å². The molecule has 1 saturated carbocycles. The number of fused-ring (bicyclic) bond motifs is 1. The fourth-order valence-electron chi connectivity index (χ4n) is 4.05. The molecule has 0 radical (unpaired) electrons. The van der Waals surface area contributed by atoms with Crippen LogP contribution in [0.15, 0.2) is 27.8 Å². The average molecular weight is 466 g/mol. The van der Waals surface area contributed by atoms with Gasteiger partial charge in [-0.2, -0.15) is 4.98 Å². The predicted octanol–water partition coefficient (Wildman–Crippen LogP) is 2.45. The highest BCUT2D eigenvalue weighted by Crippen LogP contribution is 2.28. The largest absolute Gasteiger partial charge is 0.481 e. The van der Waals surface area contributed by atoms with Crippen molar-refractivity contribution >= 4 is 46.3 Å². The molecule has 1 fully saturated rings. The van der Waals surface area contributed by atoms with Gasteiger partial charge in [-0.15, -0.1) is 0 Å². The summed E-state index contributed by atoms with van der Waals surface area (Å²) in [6.45, 7) is 0.0369. The summed E-state index contributed by atoms with van der Waals surface area (Å²) in [5, 5.41) is 13.2. The Morgan fingerprint density at radius 2 is 1.94 bits per heavy atom. The molecule has 0 aliphatic heterocycles. The number of aromatic nitrogens is 4. The summed E-state index contributed by atoms with van der Waals surface area (Å²) in [6, 6.07) is 4.88. The molecule has 0 amide bonds. The standard InChI is InChI=1S/C20H21Cl2N5O4/c1-25-15-16(24-19(25)23-12-5-4-11(8-12)18(29)30)26(2)20(31)27(17(15)28)9-10-3-6-13(21)14(22)7-10/h3,6-7,11-12H,4-5,8-9H2,1-2H3,(H,23,24)(H,29,30)/t11-,12+/m1/s1. The number of hydrogen-bond donors (Lipinski definition) is 2. The Kier molecular flexibility index (Phi) is 5.57. The van der Waals surface area contributed by atoms with E-state index < -0.39 is 17.2 Å². The van der Waals surface area contributed by atoms with Gasteiger partial charge in [-0.05, 0) is 37.0 Å². The fraction of sp³-hybridized carbons (Fsp3) is 0.400. The van der Waals surface area contributed by atoms with Gasteiger partial charge < -0.3 is 15.0 Å². The monoisotopic (exact) mass is 465 g/mol. The number of nitrogens with one attached hydrogen (secondary N) is 1. The summed E-state index contributed by atoms with van der Waals surface area (Å²) in [5.41, 5.74) is 0.233. The summed E-state index contributed by atoms with van der Waals surface area (Å²) in [6.07, 6.45) is 1.77. The number of halogens is 2. The highest BCUT2D eigenvalue weighted by molar-refractivity contribution is 6.42. The highest BCUT2D eigenvalue weighted by Gasteiger charge is 2.30. The molecule has 2 N–H and O–H groups in total. The van der Waals surface area contributed by atoms with Crippen LogP contribution in [0, 0.1) is 5.92 Å². The van der Waals surface area contributed by atoms with E-state index in [1.165, 1.54) is 4.57 Å². The third kappa shape index (κ3) is 3.83. The van der Waals surface area contributed by atoms with Crippen molar-refractivity contribution in [3.8, 4) is 0 Å². The van der Waals surface area contributed by atoms with E-state index in [0.29, 0.717) is 40.8 Å². The predicted molar refractivity (Wildman–Crippen MR) is 118 cm³/mol. The molecule has 9 nitrogen and oxygen atoms in total. The molecule has 31 heavy (non-hydrogen) atoms. The van der Waals surface area contributed by atoms with Gasteiger partial charge in [-0.1, -0.05) is 29.3 Å². The molecule has 0 spiro atoms. The Hall–Kier alpha value is -2.78. The number of benzene rings is 1. The maximum Gasteiger partial charge on any atom is 0.332 e. The Bertz CT molecular complexity index is 1310. The number of nitrogens with zero attached hydrogens (tertiary/aromatic N) is 4. The molecule has 1 aliphatic rings. The second kappa shape index (κ2) is 8.05. The van der Waals surface area contributed by atoms with Gasteiger partial charge in [-0.25, -0.2) is 4.79 Å². The first kappa shape index (κ1) is 21.5. The van der Waals surface area contributed by atoms with Crippen molar-refractivity contribution in [2.24, 2.45) is 20.0 Å². The smallest absolute Gasteiger partial charge is 0.332 e. The third-order valence-electron chi connectivity index (χ3n) is 5.80. The van der Waals surface area contributed by atoms with E-state index >= 15 is 0 Å². The molecule has 2 atom stereocenters. The Morgan fingerprint density at radius 1 is 1.19 bits per heavy atom. The van der Waals surface area contributed by atoms with Crippen molar-refractivity contribution in [3.63, 3.8) is 0 Å². The van der Waals surface area contributed by atoms with Crippen LogP contribution < -0.4 is 16.6 Å². The zero-order valence-electron chi connectivity index (χ0n) is 16.9. The molecule has 1 aromatic carbocycles. The number of rotatable bonds is 5. The first-order valence-corrected chi connectivity index (χ1v) is 10.5. The van der Waals surface area contributed by atoms with Crippen LogP contribution in [0.4, 0.5) is 5.95 Å². The fourth-order valence-corrected chi connectivity index (χ4v) is 4.37. The minimum absolute atomic E-state index is 0.0369. The summed E-state index contributed by atoms with van der Waals surface area (Å²) in [5.74, 6) is -0.771. The van der Waals surface area contributed by atoms with Crippen LogP contribution in [0.25, 0.3) is 11.2 Å². The number of carbonyl (C=O) groups is 1. The number of aliphatic carboxylic acids is 1. The lowest BCUT2D eigenvalue weighted by molar-refractivity contribution is -0.141. The van der Waals surface area contributed by atoms with Crippen LogP contribution in [0.5, 0.6) is 0 Å². The van der Waals surface area contributed by atoms with Gasteiger partial charge in [0.25, 0.3) is 5.56 Å². The Morgan fingerprint density at radius 3 is 2.58 bits per heavy atom. The van der Waals surface area contributed by atoms with Crippen LogP contribution in [-0.4, -0.2) is 35.8 Å². The van der Waals surface area contributed by atoms with Gasteiger partial charge in [0.2, 0.25) is 5.95 Å². The highest BCUT2D eigenvalue weighted by atomic mass is 35.5. The quantitative estimate of drug-likeness (QED) is 0.598. The van der Waals surface area contributed by atoms with Crippen molar-refractivity contribution in [3.05, 3.63) is 54.6 Å². The van der Waals surface area contributed by atoms with Gasteiger partial charge >= 0.3 is 11.7 Å². The molecule has 11 heteroatoms. The van der Waals surface area contributed by atoms with Crippen molar-refractivity contribution in [1.29, 1.82) is 0 Å². The molecular weight excluding hydrogens is 445 g/mol. The molecule has 164 valence electrons. The van der Waals surface area contributed by atoms with Gasteiger partial charge in [0.15, 0.2) is 11.2 Å². The molecule has 3 aromatic rings. The third-order valence-corrected chi connectivity index (χ3v) is 6.54. The molecule has 4 rings (SSSR count). The number of anilines is 1. The number of hydrogen-bond acceptors (Lipinski definition) is 5. The van der Waals surface area contributed by atoms with Crippen molar-refractivity contribution in [2.75, 3.05) is 5.32 Å². The molecule has 0 bridgehead atoms. The Balaban J connectivity index is 1.73. The summed E-state index contributed by atoms with van der Waals surface area (Å²) in [4.78, 5) is 41.7. The maximum absolute atomic E-state index is 13.2. The van der Waals surface area contributed by atoms with E-state index in [0.717, 1.165) is 4.57 Å². The van der Waals surface area contributed by atoms with Crippen LogP contribution >= 0.6 is 23.2 Å². The zero-order chi connectivity index (χ0) is 22.4. The van der Waals surface area contributed by atoms with E-state index in [9.17, 15) is 19.5 Å². The van der Waals surface area contributed by atoms with E-state index in [4.69, 9.17) is 23.2 Å². The Labute approximate surface area is 186 Å². The van der Waals surface area contributed by atoms with E-state index in [1.54, 1.807) is 36.9 Å². The normalized spacial score (nSPS) is 18.6. The van der Waals surface area contributed by atoms with E-state index in [1.807, 2.05) is 0 Å². The summed E-state index contributed by atoms with van der Waals surface area (Å²) < 4.78 is 4.06. The minimum atomic E-state index is -0.804. The first-order chi connectivity index (χ1) is 14.7. The van der Waals surface area contributed by atoms with Crippen molar-refractivity contribution in [1.82, 2.24) is 18.7 Å². The molecule has 0 unspecified atom stereocenters. The van der Waals surface area contributed by atoms with E-state index in [-0.39, 0.29) is 29.7 Å². The van der Waals surface area contributed by atoms with Gasteiger partial charge in [0.05, 0.1) is 22.5 Å². The topological polar surface area (TPSA) is 111 Å². The molecule has 2 heterocycles. The summed E-state index contributed by atoms with van der Waals surface area (Å²) in [7, 11) is 3.25. The molecule has 0 saturated heterocycles. The van der Waals surface area contributed by atoms with Gasteiger partial charge in [0, 0.05) is 20.1 Å². The lowest BCUT2D eigenvalue weighted by Gasteiger charge is -2.13. The number of carboxylic acids is 1.